The third kappa shape index (κ3) is 2.98. The molecule has 0 aliphatic carbocycles. The first-order valence-corrected chi connectivity index (χ1v) is 6.24. The summed E-state index contributed by atoms with van der Waals surface area (Å²) in [7, 11) is 1.58. The van der Waals surface area contributed by atoms with E-state index in [1.165, 1.54) is 0 Å². The summed E-state index contributed by atoms with van der Waals surface area (Å²) in [5, 5.41) is 0.565. The molecule has 88 valence electrons. The number of carbonyl (C=O) groups is 1. The van der Waals surface area contributed by atoms with E-state index in [1.807, 2.05) is 25.1 Å². The maximum atomic E-state index is 11.3. The Hall–Kier alpha value is -0.540. The molecular formula is C12H14BrClO2. The van der Waals surface area contributed by atoms with Gasteiger partial charge in [-0.05, 0) is 24.6 Å². The van der Waals surface area contributed by atoms with Gasteiger partial charge in [-0.1, -0.05) is 40.5 Å². The van der Waals surface area contributed by atoms with E-state index in [9.17, 15) is 4.79 Å². The summed E-state index contributed by atoms with van der Waals surface area (Å²) in [4.78, 5) is 11.1. The summed E-state index contributed by atoms with van der Waals surface area (Å²) >= 11 is 9.41. The van der Waals surface area contributed by atoms with Gasteiger partial charge in [0.25, 0.3) is 0 Å². The van der Waals surface area contributed by atoms with E-state index >= 15 is 0 Å². The second kappa shape index (κ2) is 5.69. The zero-order valence-corrected chi connectivity index (χ0v) is 11.8. The van der Waals surface area contributed by atoms with Crippen LogP contribution in [0, 0.1) is 0 Å². The molecule has 1 aromatic carbocycles. The highest BCUT2D eigenvalue weighted by atomic mass is 79.9. The van der Waals surface area contributed by atoms with Gasteiger partial charge in [0.1, 0.15) is 11.5 Å². The second-order valence-corrected chi connectivity index (χ2v) is 5.09. The topological polar surface area (TPSA) is 26.3 Å². The Morgan fingerprint density at radius 1 is 1.50 bits per heavy atom. The summed E-state index contributed by atoms with van der Waals surface area (Å²) in [6, 6.07) is 5.57. The number of hydrogen-bond acceptors (Lipinski definition) is 2. The largest absolute Gasteiger partial charge is 0.495 e. The van der Waals surface area contributed by atoms with Crippen molar-refractivity contribution >= 4 is 33.3 Å². The fourth-order valence-electron chi connectivity index (χ4n) is 1.49. The first-order chi connectivity index (χ1) is 7.47. The summed E-state index contributed by atoms with van der Waals surface area (Å²) in [5.74, 6) is 0.840. The standard InChI is InChI=1S/C12H14BrClO2/c1-7(12(13)8(2)15)9-4-5-11(16-3)10(14)6-9/h4-7,12H,1-3H3. The monoisotopic (exact) mass is 304 g/mol. The normalized spacial score (nSPS) is 14.3. The molecule has 0 fully saturated rings. The molecule has 0 amide bonds. The number of Topliss-reactive ketones (excluding diaryl/α,β-unsaturated/α-hetero) is 1. The molecular weight excluding hydrogens is 291 g/mol. The molecule has 0 saturated heterocycles. The molecule has 0 aromatic heterocycles. The Labute approximate surface area is 109 Å². The average Bonchev–Trinajstić information content (AvgIpc) is 2.26. The molecule has 16 heavy (non-hydrogen) atoms. The van der Waals surface area contributed by atoms with Crippen LogP contribution in [0.25, 0.3) is 0 Å². The van der Waals surface area contributed by atoms with E-state index in [0.717, 1.165) is 5.56 Å². The highest BCUT2D eigenvalue weighted by Gasteiger charge is 2.20. The molecule has 1 rings (SSSR count). The molecule has 2 atom stereocenters. The third-order valence-corrected chi connectivity index (χ3v) is 4.26. The van der Waals surface area contributed by atoms with Crippen LogP contribution >= 0.6 is 27.5 Å². The molecule has 0 saturated carbocycles. The van der Waals surface area contributed by atoms with Gasteiger partial charge in [-0.3, -0.25) is 4.79 Å². The van der Waals surface area contributed by atoms with Crippen molar-refractivity contribution in [2.75, 3.05) is 7.11 Å². The number of hydrogen-bond donors (Lipinski definition) is 0. The van der Waals surface area contributed by atoms with Crippen molar-refractivity contribution in [3.8, 4) is 5.75 Å². The number of carbonyl (C=O) groups excluding carboxylic acids is 1. The van der Waals surface area contributed by atoms with Crippen LogP contribution < -0.4 is 4.74 Å². The van der Waals surface area contributed by atoms with Crippen molar-refractivity contribution in [2.24, 2.45) is 0 Å². The van der Waals surface area contributed by atoms with Gasteiger partial charge in [0.05, 0.1) is 17.0 Å². The molecule has 2 nitrogen and oxygen atoms in total. The zero-order valence-electron chi connectivity index (χ0n) is 9.46. The molecule has 0 aliphatic heterocycles. The van der Waals surface area contributed by atoms with Gasteiger partial charge in [-0.25, -0.2) is 0 Å². The van der Waals surface area contributed by atoms with Gasteiger partial charge < -0.3 is 4.74 Å². The highest BCUT2D eigenvalue weighted by Crippen LogP contribution is 2.31. The average molecular weight is 306 g/mol. The Kier molecular flexibility index (Phi) is 4.81. The Morgan fingerprint density at radius 2 is 2.12 bits per heavy atom. The van der Waals surface area contributed by atoms with Crippen molar-refractivity contribution in [3.63, 3.8) is 0 Å². The van der Waals surface area contributed by atoms with Crippen LogP contribution in [0.2, 0.25) is 5.02 Å². The lowest BCUT2D eigenvalue weighted by Crippen LogP contribution is -2.17. The molecule has 0 spiro atoms. The first-order valence-electron chi connectivity index (χ1n) is 4.95. The van der Waals surface area contributed by atoms with Crippen LogP contribution in [0.4, 0.5) is 0 Å². The number of methoxy groups -OCH3 is 1. The Bertz CT molecular complexity index is 393. The quantitative estimate of drug-likeness (QED) is 0.791. The highest BCUT2D eigenvalue weighted by molar-refractivity contribution is 9.10. The molecule has 1 aromatic rings. The van der Waals surface area contributed by atoms with Gasteiger partial charge in [-0.15, -0.1) is 0 Å². The Balaban J connectivity index is 2.97. The van der Waals surface area contributed by atoms with Crippen molar-refractivity contribution in [1.82, 2.24) is 0 Å². The fourth-order valence-corrected chi connectivity index (χ4v) is 2.06. The van der Waals surface area contributed by atoms with E-state index in [4.69, 9.17) is 16.3 Å². The van der Waals surface area contributed by atoms with Crippen LogP contribution in [-0.4, -0.2) is 17.7 Å². The minimum atomic E-state index is -0.183. The summed E-state index contributed by atoms with van der Waals surface area (Å²) in [6.07, 6.45) is 0. The molecule has 4 heteroatoms. The lowest BCUT2D eigenvalue weighted by Gasteiger charge is -2.17. The maximum Gasteiger partial charge on any atom is 0.144 e. The van der Waals surface area contributed by atoms with Crippen LogP contribution in [0.1, 0.15) is 25.3 Å². The maximum absolute atomic E-state index is 11.3. The van der Waals surface area contributed by atoms with Crippen LogP contribution in [0.15, 0.2) is 18.2 Å². The van der Waals surface area contributed by atoms with E-state index in [1.54, 1.807) is 14.0 Å². The van der Waals surface area contributed by atoms with Crippen LogP contribution in [0.5, 0.6) is 5.75 Å². The van der Waals surface area contributed by atoms with Crippen molar-refractivity contribution in [2.45, 2.75) is 24.6 Å². The van der Waals surface area contributed by atoms with Gasteiger partial charge in [0, 0.05) is 5.92 Å². The van der Waals surface area contributed by atoms with E-state index in [2.05, 4.69) is 15.9 Å². The van der Waals surface area contributed by atoms with Crippen molar-refractivity contribution < 1.29 is 9.53 Å². The van der Waals surface area contributed by atoms with Gasteiger partial charge in [-0.2, -0.15) is 0 Å². The fraction of sp³-hybridized carbons (Fsp3) is 0.417. The third-order valence-electron chi connectivity index (χ3n) is 2.53. The van der Waals surface area contributed by atoms with Gasteiger partial charge >= 0.3 is 0 Å². The first kappa shape index (κ1) is 13.5. The lowest BCUT2D eigenvalue weighted by molar-refractivity contribution is -0.116. The number of rotatable bonds is 4. The molecule has 2 unspecified atom stereocenters. The van der Waals surface area contributed by atoms with Crippen molar-refractivity contribution in [1.29, 1.82) is 0 Å². The molecule has 0 aliphatic rings. The van der Waals surface area contributed by atoms with E-state index in [0.29, 0.717) is 10.8 Å². The smallest absolute Gasteiger partial charge is 0.144 e. The molecule has 0 radical (unpaired) electrons. The van der Waals surface area contributed by atoms with E-state index < -0.39 is 0 Å². The summed E-state index contributed by atoms with van der Waals surface area (Å²) < 4.78 is 5.08. The predicted molar refractivity (Wildman–Crippen MR) is 69.8 cm³/mol. The lowest BCUT2D eigenvalue weighted by atomic mass is 9.96. The molecule has 0 N–H and O–H groups in total. The number of alkyl halides is 1. The van der Waals surface area contributed by atoms with Gasteiger partial charge in [0.15, 0.2) is 0 Å². The number of ether oxygens (including phenoxy) is 1. The minimum Gasteiger partial charge on any atom is -0.495 e. The second-order valence-electron chi connectivity index (χ2n) is 3.70. The molecule has 0 heterocycles. The number of ketones is 1. The molecule has 0 bridgehead atoms. The summed E-state index contributed by atoms with van der Waals surface area (Å²) in [5.41, 5.74) is 1.02. The van der Waals surface area contributed by atoms with E-state index in [-0.39, 0.29) is 16.5 Å². The number of halogens is 2. The Morgan fingerprint density at radius 3 is 2.56 bits per heavy atom. The number of benzene rings is 1. The zero-order chi connectivity index (χ0) is 12.3. The predicted octanol–water partition coefficient (Wildman–Crippen LogP) is 3.80. The van der Waals surface area contributed by atoms with Gasteiger partial charge in [0.2, 0.25) is 0 Å². The SMILES string of the molecule is COc1ccc(C(C)C(Br)C(C)=O)cc1Cl. The van der Waals surface area contributed by atoms with Crippen LogP contribution in [-0.2, 0) is 4.79 Å². The van der Waals surface area contributed by atoms with Crippen molar-refractivity contribution in [3.05, 3.63) is 28.8 Å². The minimum absolute atomic E-state index is 0.0842. The summed E-state index contributed by atoms with van der Waals surface area (Å²) in [6.45, 7) is 3.56. The van der Waals surface area contributed by atoms with Crippen LogP contribution in [0.3, 0.4) is 0 Å².